The number of nitrogens with zero attached hydrogens (tertiary/aromatic N) is 2. The molecule has 3 aliphatic heterocycles. The number of hydrogen-bond donors (Lipinski definition) is 2. The molecule has 2 aromatic rings. The second kappa shape index (κ2) is 6.28. The molecule has 4 atom stereocenters. The molecule has 1 aromatic carbocycles. The standard InChI is InChI=1S/C18H22N4O2/c1-12-8-14-6-7-22(12)10-16(14)21-18(23)13-2-4-15(5-3-13)24-17-9-19-11-20-17/h2-5,9,11-12,14,16H,6-8,10H2,1H3,(H,19,20)(H,21,23). The van der Waals surface area contributed by atoms with Crippen LogP contribution in [0.25, 0.3) is 0 Å². The lowest BCUT2D eigenvalue weighted by Crippen LogP contribution is -2.60. The zero-order chi connectivity index (χ0) is 16.5. The third-order valence-electron chi connectivity index (χ3n) is 5.19. The summed E-state index contributed by atoms with van der Waals surface area (Å²) in [7, 11) is 0. The number of piperidine rings is 3. The first kappa shape index (κ1) is 15.2. The Morgan fingerprint density at radius 1 is 1.38 bits per heavy atom. The highest BCUT2D eigenvalue weighted by Gasteiger charge is 2.38. The van der Waals surface area contributed by atoms with E-state index in [1.54, 1.807) is 36.8 Å². The van der Waals surface area contributed by atoms with Crippen molar-refractivity contribution in [2.45, 2.75) is 31.8 Å². The molecule has 126 valence electrons. The van der Waals surface area contributed by atoms with E-state index in [4.69, 9.17) is 4.74 Å². The zero-order valence-corrected chi connectivity index (χ0v) is 13.7. The molecular formula is C18H22N4O2. The highest BCUT2D eigenvalue weighted by Crippen LogP contribution is 2.32. The summed E-state index contributed by atoms with van der Waals surface area (Å²) in [5.74, 6) is 1.85. The number of benzene rings is 1. The van der Waals surface area contributed by atoms with Crippen LogP contribution >= 0.6 is 0 Å². The minimum absolute atomic E-state index is 0.00510. The summed E-state index contributed by atoms with van der Waals surface area (Å²) in [5, 5.41) is 3.21. The van der Waals surface area contributed by atoms with Gasteiger partial charge in [0.15, 0.2) is 0 Å². The molecule has 1 amide bonds. The maximum atomic E-state index is 12.5. The van der Waals surface area contributed by atoms with Crippen molar-refractivity contribution in [1.82, 2.24) is 20.2 Å². The smallest absolute Gasteiger partial charge is 0.251 e. The van der Waals surface area contributed by atoms with Crippen molar-refractivity contribution in [1.29, 1.82) is 0 Å². The third-order valence-corrected chi connectivity index (χ3v) is 5.19. The van der Waals surface area contributed by atoms with Crippen LogP contribution in [-0.2, 0) is 0 Å². The first-order chi connectivity index (χ1) is 11.7. The van der Waals surface area contributed by atoms with Gasteiger partial charge in [0, 0.05) is 24.2 Å². The minimum atomic E-state index is -0.00510. The fourth-order valence-electron chi connectivity index (χ4n) is 3.81. The van der Waals surface area contributed by atoms with Crippen molar-refractivity contribution in [3.05, 3.63) is 42.4 Å². The summed E-state index contributed by atoms with van der Waals surface area (Å²) in [4.78, 5) is 21.8. The summed E-state index contributed by atoms with van der Waals surface area (Å²) in [6.45, 7) is 4.42. The molecule has 0 radical (unpaired) electrons. The number of fused-ring (bicyclic) bond motifs is 3. The van der Waals surface area contributed by atoms with Crippen LogP contribution in [0.4, 0.5) is 0 Å². The van der Waals surface area contributed by atoms with E-state index in [9.17, 15) is 4.79 Å². The topological polar surface area (TPSA) is 70.2 Å². The Hall–Kier alpha value is -2.34. The Kier molecular flexibility index (Phi) is 3.98. The van der Waals surface area contributed by atoms with Gasteiger partial charge in [-0.05, 0) is 56.5 Å². The number of nitrogens with one attached hydrogen (secondary N) is 2. The average Bonchev–Trinajstić information content (AvgIpc) is 3.09. The monoisotopic (exact) mass is 326 g/mol. The second-order valence-corrected chi connectivity index (χ2v) is 6.75. The molecule has 6 nitrogen and oxygen atoms in total. The van der Waals surface area contributed by atoms with Crippen molar-refractivity contribution >= 4 is 5.91 Å². The van der Waals surface area contributed by atoms with Crippen LogP contribution in [0, 0.1) is 5.92 Å². The maximum Gasteiger partial charge on any atom is 0.251 e. The van der Waals surface area contributed by atoms with Gasteiger partial charge in [0.25, 0.3) is 5.91 Å². The minimum Gasteiger partial charge on any atom is -0.439 e. The second-order valence-electron chi connectivity index (χ2n) is 6.75. The number of carbonyl (C=O) groups excluding carboxylic acids is 1. The van der Waals surface area contributed by atoms with Gasteiger partial charge in [0.2, 0.25) is 5.88 Å². The number of ether oxygens (including phenoxy) is 1. The lowest BCUT2D eigenvalue weighted by Gasteiger charge is -2.48. The summed E-state index contributed by atoms with van der Waals surface area (Å²) in [5.41, 5.74) is 0.663. The molecule has 2 bridgehead atoms. The summed E-state index contributed by atoms with van der Waals surface area (Å²) >= 11 is 0. The van der Waals surface area contributed by atoms with Crippen LogP contribution in [-0.4, -0.2) is 45.9 Å². The van der Waals surface area contributed by atoms with Crippen molar-refractivity contribution in [3.63, 3.8) is 0 Å². The van der Waals surface area contributed by atoms with E-state index in [1.807, 2.05) is 0 Å². The largest absolute Gasteiger partial charge is 0.439 e. The summed E-state index contributed by atoms with van der Waals surface area (Å²) in [6, 6.07) is 8.11. The number of carbonyl (C=O) groups is 1. The average molecular weight is 326 g/mol. The Morgan fingerprint density at radius 2 is 2.21 bits per heavy atom. The van der Waals surface area contributed by atoms with E-state index in [1.165, 1.54) is 12.8 Å². The first-order valence-electron chi connectivity index (χ1n) is 8.50. The summed E-state index contributed by atoms with van der Waals surface area (Å²) < 4.78 is 5.60. The molecule has 3 fully saturated rings. The normalized spacial score (nSPS) is 28.5. The molecule has 3 saturated heterocycles. The van der Waals surface area contributed by atoms with Gasteiger partial charge in [-0.3, -0.25) is 9.69 Å². The predicted octanol–water partition coefficient (Wildman–Crippen LogP) is 2.41. The van der Waals surface area contributed by atoms with Gasteiger partial charge in [-0.15, -0.1) is 0 Å². The van der Waals surface area contributed by atoms with E-state index >= 15 is 0 Å². The number of aromatic nitrogens is 2. The Morgan fingerprint density at radius 3 is 2.83 bits per heavy atom. The third kappa shape index (κ3) is 3.01. The number of rotatable bonds is 4. The van der Waals surface area contributed by atoms with Gasteiger partial charge >= 0.3 is 0 Å². The molecule has 3 aliphatic rings. The van der Waals surface area contributed by atoms with Gasteiger partial charge in [-0.2, -0.15) is 0 Å². The van der Waals surface area contributed by atoms with Crippen LogP contribution < -0.4 is 10.1 Å². The summed E-state index contributed by atoms with van der Waals surface area (Å²) in [6.07, 6.45) is 5.54. The fraction of sp³-hybridized carbons (Fsp3) is 0.444. The van der Waals surface area contributed by atoms with Gasteiger partial charge in [0.1, 0.15) is 5.75 Å². The number of H-pyrrole nitrogens is 1. The predicted molar refractivity (Wildman–Crippen MR) is 90.1 cm³/mol. The van der Waals surface area contributed by atoms with Crippen LogP contribution in [0.3, 0.4) is 0 Å². The van der Waals surface area contributed by atoms with Crippen molar-refractivity contribution in [2.24, 2.45) is 5.92 Å². The highest BCUT2D eigenvalue weighted by molar-refractivity contribution is 5.94. The lowest BCUT2D eigenvalue weighted by atomic mass is 9.80. The molecule has 2 N–H and O–H groups in total. The first-order valence-corrected chi connectivity index (χ1v) is 8.50. The number of aromatic amines is 1. The fourth-order valence-corrected chi connectivity index (χ4v) is 3.81. The Labute approximate surface area is 141 Å². The van der Waals surface area contributed by atoms with Crippen LogP contribution in [0.5, 0.6) is 11.6 Å². The molecule has 24 heavy (non-hydrogen) atoms. The SMILES string of the molecule is CC1CC2CCN1CC2NC(=O)c1ccc(Oc2cnc[nH]2)cc1. The zero-order valence-electron chi connectivity index (χ0n) is 13.7. The quantitative estimate of drug-likeness (QED) is 0.905. The Balaban J connectivity index is 1.38. The molecule has 0 saturated carbocycles. The van der Waals surface area contributed by atoms with E-state index in [0.29, 0.717) is 29.2 Å². The molecule has 4 unspecified atom stereocenters. The molecule has 5 rings (SSSR count). The molecule has 0 spiro atoms. The highest BCUT2D eigenvalue weighted by atomic mass is 16.5. The van der Waals surface area contributed by atoms with E-state index in [0.717, 1.165) is 13.1 Å². The number of hydrogen-bond acceptors (Lipinski definition) is 4. The van der Waals surface area contributed by atoms with Gasteiger partial charge in [-0.25, -0.2) is 4.98 Å². The lowest BCUT2D eigenvalue weighted by molar-refractivity contribution is 0.0274. The van der Waals surface area contributed by atoms with Gasteiger partial charge < -0.3 is 15.0 Å². The Bertz CT molecular complexity index is 698. The molecule has 6 heteroatoms. The molecule has 1 aromatic heterocycles. The van der Waals surface area contributed by atoms with E-state index in [-0.39, 0.29) is 11.9 Å². The van der Waals surface area contributed by atoms with Crippen LogP contribution in [0.2, 0.25) is 0 Å². The van der Waals surface area contributed by atoms with E-state index in [2.05, 4.69) is 27.1 Å². The van der Waals surface area contributed by atoms with Crippen LogP contribution in [0.15, 0.2) is 36.8 Å². The van der Waals surface area contributed by atoms with Crippen LogP contribution in [0.1, 0.15) is 30.1 Å². The van der Waals surface area contributed by atoms with Crippen molar-refractivity contribution in [2.75, 3.05) is 13.1 Å². The molecular weight excluding hydrogens is 304 g/mol. The number of imidazole rings is 1. The molecule has 4 heterocycles. The van der Waals surface area contributed by atoms with Gasteiger partial charge in [0.05, 0.1) is 12.5 Å². The maximum absolute atomic E-state index is 12.5. The van der Waals surface area contributed by atoms with E-state index < -0.39 is 0 Å². The van der Waals surface area contributed by atoms with Crippen molar-refractivity contribution in [3.8, 4) is 11.6 Å². The van der Waals surface area contributed by atoms with Crippen molar-refractivity contribution < 1.29 is 9.53 Å². The van der Waals surface area contributed by atoms with Gasteiger partial charge in [-0.1, -0.05) is 0 Å². The number of amides is 1. The molecule has 0 aliphatic carbocycles.